The Hall–Kier alpha value is -3.86. The second-order valence-electron chi connectivity index (χ2n) is 8.22. The predicted octanol–water partition coefficient (Wildman–Crippen LogP) is 6.07. The van der Waals surface area contributed by atoms with Crippen molar-refractivity contribution < 1.29 is 13.9 Å². The summed E-state index contributed by atoms with van der Waals surface area (Å²) < 4.78 is 11.7. The van der Waals surface area contributed by atoms with Gasteiger partial charge in [0.25, 0.3) is 5.91 Å². The van der Waals surface area contributed by atoms with Gasteiger partial charge in [-0.25, -0.2) is 4.98 Å². The molecule has 4 aromatic rings. The Labute approximate surface area is 194 Å². The molecular weight excluding hydrogens is 412 g/mol. The normalized spacial score (nSPS) is 11.7. The summed E-state index contributed by atoms with van der Waals surface area (Å²) in [6, 6.07) is 25.4. The molecule has 0 radical (unpaired) electrons. The molecule has 33 heavy (non-hydrogen) atoms. The lowest BCUT2D eigenvalue weighted by Crippen LogP contribution is -2.27. The maximum Gasteiger partial charge on any atom is 0.251 e. The Balaban J connectivity index is 1.36. The van der Waals surface area contributed by atoms with Crippen molar-refractivity contribution in [2.24, 2.45) is 0 Å². The third-order valence-corrected chi connectivity index (χ3v) is 5.62. The Morgan fingerprint density at radius 2 is 1.67 bits per heavy atom. The van der Waals surface area contributed by atoms with Gasteiger partial charge in [0, 0.05) is 17.7 Å². The molecule has 0 aliphatic heterocycles. The molecule has 0 fully saturated rings. The number of aromatic nitrogens is 1. The van der Waals surface area contributed by atoms with E-state index in [4.69, 9.17) is 9.15 Å². The van der Waals surface area contributed by atoms with E-state index in [1.54, 1.807) is 12.1 Å². The molecule has 1 amide bonds. The molecule has 3 aromatic carbocycles. The van der Waals surface area contributed by atoms with E-state index in [0.717, 1.165) is 17.0 Å². The first-order valence-corrected chi connectivity index (χ1v) is 11.1. The fourth-order valence-corrected chi connectivity index (χ4v) is 3.48. The van der Waals surface area contributed by atoms with Gasteiger partial charge in [-0.3, -0.25) is 4.79 Å². The lowest BCUT2D eigenvalue weighted by Gasteiger charge is -2.13. The zero-order valence-corrected chi connectivity index (χ0v) is 19.2. The first kappa shape index (κ1) is 22.3. The van der Waals surface area contributed by atoms with Gasteiger partial charge in [0.2, 0.25) is 5.89 Å². The topological polar surface area (TPSA) is 64.4 Å². The lowest BCUT2D eigenvalue weighted by atomic mass is 10.0. The number of carbonyl (C=O) groups is 1. The van der Waals surface area contributed by atoms with Crippen molar-refractivity contribution in [2.75, 3.05) is 6.54 Å². The van der Waals surface area contributed by atoms with Gasteiger partial charge in [0.05, 0.1) is 0 Å². The van der Waals surface area contributed by atoms with Crippen LogP contribution in [0.2, 0.25) is 0 Å². The van der Waals surface area contributed by atoms with Crippen LogP contribution < -0.4 is 10.1 Å². The molecule has 0 saturated heterocycles. The van der Waals surface area contributed by atoms with E-state index in [2.05, 4.69) is 29.4 Å². The Bertz CT molecular complexity index is 1200. The van der Waals surface area contributed by atoms with Crippen LogP contribution in [-0.4, -0.2) is 17.4 Å². The molecular formula is C28H28N2O3. The molecule has 0 aliphatic carbocycles. The monoisotopic (exact) mass is 440 g/mol. The minimum absolute atomic E-state index is 0.0971. The number of oxazole rings is 1. The van der Waals surface area contributed by atoms with E-state index in [-0.39, 0.29) is 11.8 Å². The summed E-state index contributed by atoms with van der Waals surface area (Å²) in [5.41, 5.74) is 4.56. The maximum absolute atomic E-state index is 12.6. The van der Waals surface area contributed by atoms with Crippen LogP contribution in [0.1, 0.15) is 45.8 Å². The second-order valence-corrected chi connectivity index (χ2v) is 8.22. The van der Waals surface area contributed by atoms with Crippen LogP contribution in [0, 0.1) is 13.8 Å². The highest BCUT2D eigenvalue weighted by atomic mass is 16.5. The van der Waals surface area contributed by atoms with Crippen molar-refractivity contribution in [1.82, 2.24) is 10.3 Å². The van der Waals surface area contributed by atoms with Crippen LogP contribution >= 0.6 is 0 Å². The number of aryl methyl sites for hydroxylation is 2. The van der Waals surface area contributed by atoms with Crippen LogP contribution in [-0.2, 0) is 6.61 Å². The smallest absolute Gasteiger partial charge is 0.251 e. The van der Waals surface area contributed by atoms with Crippen molar-refractivity contribution >= 4 is 5.91 Å². The molecule has 0 unspecified atom stereocenters. The number of hydrogen-bond donors (Lipinski definition) is 1. The van der Waals surface area contributed by atoms with E-state index in [0.29, 0.717) is 30.4 Å². The Kier molecular flexibility index (Phi) is 6.89. The van der Waals surface area contributed by atoms with Crippen molar-refractivity contribution in [2.45, 2.75) is 33.3 Å². The first-order valence-electron chi connectivity index (χ1n) is 11.1. The molecule has 1 heterocycles. The van der Waals surface area contributed by atoms with E-state index < -0.39 is 0 Å². The van der Waals surface area contributed by atoms with E-state index in [1.165, 1.54) is 11.1 Å². The number of carbonyl (C=O) groups excluding carboxylic acids is 1. The molecule has 0 saturated carbocycles. The molecule has 168 valence electrons. The molecule has 0 spiro atoms. The molecule has 0 aliphatic rings. The highest BCUT2D eigenvalue weighted by Gasteiger charge is 2.14. The summed E-state index contributed by atoms with van der Waals surface area (Å²) >= 11 is 0. The summed E-state index contributed by atoms with van der Waals surface area (Å²) in [4.78, 5) is 17.1. The quantitative estimate of drug-likeness (QED) is 0.361. The standard InChI is InChI=1S/C28H28N2O3/c1-19-9-15-25(16-10-19)32-18-26-21(3)33-28(30-26)24-13-11-23(12-14-24)27(31)29-17-20(2)22-7-5-4-6-8-22/h4-16,20H,17-18H2,1-3H3,(H,29,31)/t20-/m1/s1. The fraction of sp³-hybridized carbons (Fsp3) is 0.214. The molecule has 0 bridgehead atoms. The average Bonchev–Trinajstić information content (AvgIpc) is 3.23. The number of amides is 1. The third kappa shape index (κ3) is 5.69. The number of hydrogen-bond acceptors (Lipinski definition) is 4. The molecule has 1 N–H and O–H groups in total. The lowest BCUT2D eigenvalue weighted by molar-refractivity contribution is 0.0951. The van der Waals surface area contributed by atoms with Gasteiger partial charge in [0.1, 0.15) is 23.8 Å². The van der Waals surface area contributed by atoms with Crippen molar-refractivity contribution in [1.29, 1.82) is 0 Å². The van der Waals surface area contributed by atoms with Gasteiger partial charge < -0.3 is 14.5 Å². The summed E-state index contributed by atoms with van der Waals surface area (Å²) in [6.45, 7) is 6.92. The van der Waals surface area contributed by atoms with E-state index in [9.17, 15) is 4.79 Å². The van der Waals surface area contributed by atoms with Crippen LogP contribution in [0.25, 0.3) is 11.5 Å². The number of ether oxygens (including phenoxy) is 1. The second kappa shape index (κ2) is 10.2. The fourth-order valence-electron chi connectivity index (χ4n) is 3.48. The van der Waals surface area contributed by atoms with E-state index in [1.807, 2.05) is 68.4 Å². The zero-order valence-electron chi connectivity index (χ0n) is 19.2. The number of rotatable bonds is 8. The molecule has 4 rings (SSSR count). The highest BCUT2D eigenvalue weighted by molar-refractivity contribution is 5.94. The summed E-state index contributed by atoms with van der Waals surface area (Å²) in [5.74, 6) is 2.17. The van der Waals surface area contributed by atoms with Gasteiger partial charge in [-0.15, -0.1) is 0 Å². The van der Waals surface area contributed by atoms with Gasteiger partial charge >= 0.3 is 0 Å². The Morgan fingerprint density at radius 1 is 0.970 bits per heavy atom. The van der Waals surface area contributed by atoms with Crippen LogP contribution in [0.3, 0.4) is 0 Å². The molecule has 1 aromatic heterocycles. The maximum atomic E-state index is 12.6. The molecule has 1 atom stereocenters. The van der Waals surface area contributed by atoms with E-state index >= 15 is 0 Å². The first-order chi connectivity index (χ1) is 16.0. The minimum atomic E-state index is -0.0971. The van der Waals surface area contributed by atoms with Crippen LogP contribution in [0.4, 0.5) is 0 Å². The van der Waals surface area contributed by atoms with Gasteiger partial charge in [-0.1, -0.05) is 55.0 Å². The van der Waals surface area contributed by atoms with Crippen LogP contribution in [0.15, 0.2) is 83.3 Å². The minimum Gasteiger partial charge on any atom is -0.487 e. The predicted molar refractivity (Wildman–Crippen MR) is 129 cm³/mol. The number of nitrogens with zero attached hydrogens (tertiary/aromatic N) is 1. The summed E-state index contributed by atoms with van der Waals surface area (Å²) in [7, 11) is 0. The summed E-state index contributed by atoms with van der Waals surface area (Å²) in [6.07, 6.45) is 0. The molecule has 5 nitrogen and oxygen atoms in total. The number of benzene rings is 3. The Morgan fingerprint density at radius 3 is 2.36 bits per heavy atom. The van der Waals surface area contributed by atoms with Gasteiger partial charge in [-0.2, -0.15) is 0 Å². The largest absolute Gasteiger partial charge is 0.487 e. The van der Waals surface area contributed by atoms with Gasteiger partial charge in [-0.05, 0) is 61.7 Å². The van der Waals surface area contributed by atoms with Crippen molar-refractivity contribution in [3.05, 3.63) is 107 Å². The van der Waals surface area contributed by atoms with Crippen LogP contribution in [0.5, 0.6) is 5.75 Å². The van der Waals surface area contributed by atoms with Crippen molar-refractivity contribution in [3.8, 4) is 17.2 Å². The SMILES string of the molecule is Cc1ccc(OCc2nc(-c3ccc(C(=O)NC[C@@H](C)c4ccccc4)cc3)oc2C)cc1. The zero-order chi connectivity index (χ0) is 23.2. The molecule has 5 heteroatoms. The summed E-state index contributed by atoms with van der Waals surface area (Å²) in [5, 5.41) is 3.01. The number of nitrogens with one attached hydrogen (secondary N) is 1. The highest BCUT2D eigenvalue weighted by Crippen LogP contribution is 2.23. The van der Waals surface area contributed by atoms with Gasteiger partial charge in [0.15, 0.2) is 0 Å². The third-order valence-electron chi connectivity index (χ3n) is 5.62. The average molecular weight is 441 g/mol. The van der Waals surface area contributed by atoms with Crippen molar-refractivity contribution in [3.63, 3.8) is 0 Å².